The van der Waals surface area contributed by atoms with Crippen LogP contribution in [0.1, 0.15) is 32.9 Å². The second-order valence-electron chi connectivity index (χ2n) is 3.55. The molecule has 0 N–H and O–H groups in total. The normalized spacial score (nSPS) is 12.0. The van der Waals surface area contributed by atoms with Gasteiger partial charge in [0.1, 0.15) is 0 Å². The fourth-order valence-corrected chi connectivity index (χ4v) is 1.07. The van der Waals surface area contributed by atoms with Gasteiger partial charge in [0, 0.05) is 6.20 Å². The summed E-state index contributed by atoms with van der Waals surface area (Å²) in [7, 11) is 0. The van der Waals surface area contributed by atoms with E-state index in [1.54, 1.807) is 0 Å². The number of alkyl halides is 1. The first-order chi connectivity index (χ1) is 5.60. The van der Waals surface area contributed by atoms with Crippen molar-refractivity contribution in [2.45, 2.75) is 38.6 Å². The summed E-state index contributed by atoms with van der Waals surface area (Å²) in [6.07, 6.45) is 3.05. The van der Waals surface area contributed by atoms with E-state index >= 15 is 0 Å². The smallest absolute Gasteiger partial charge is 0.0772 e. The predicted octanol–water partition coefficient (Wildman–Crippen LogP) is 2.77. The highest BCUT2D eigenvalue weighted by atomic mass is 35.5. The summed E-state index contributed by atoms with van der Waals surface area (Å²) < 4.78 is 1.98. The van der Waals surface area contributed by atoms with Gasteiger partial charge in [-0.1, -0.05) is 6.92 Å². The summed E-state index contributed by atoms with van der Waals surface area (Å²) in [6.45, 7) is 6.48. The topological polar surface area (TPSA) is 17.8 Å². The van der Waals surface area contributed by atoms with Crippen LogP contribution in [0.5, 0.6) is 0 Å². The van der Waals surface area contributed by atoms with Crippen molar-refractivity contribution in [1.29, 1.82) is 0 Å². The van der Waals surface area contributed by atoms with E-state index in [4.69, 9.17) is 11.6 Å². The molecule has 1 heterocycles. The monoisotopic (exact) mass is 186 g/mol. The van der Waals surface area contributed by atoms with Crippen LogP contribution in [-0.4, -0.2) is 9.78 Å². The maximum atomic E-state index is 5.66. The number of halogens is 1. The van der Waals surface area contributed by atoms with Gasteiger partial charge in [0.2, 0.25) is 0 Å². The molecule has 3 heteroatoms. The molecular weight excluding hydrogens is 172 g/mol. The van der Waals surface area contributed by atoms with Crippen molar-refractivity contribution in [1.82, 2.24) is 9.78 Å². The van der Waals surface area contributed by atoms with Crippen molar-refractivity contribution in [3.8, 4) is 0 Å². The van der Waals surface area contributed by atoms with Gasteiger partial charge in [-0.2, -0.15) is 5.10 Å². The van der Waals surface area contributed by atoms with Gasteiger partial charge in [-0.25, -0.2) is 0 Å². The Morgan fingerprint density at radius 2 is 2.25 bits per heavy atom. The maximum Gasteiger partial charge on any atom is 0.0772 e. The quantitative estimate of drug-likeness (QED) is 0.664. The number of nitrogens with zero attached hydrogens (tertiary/aromatic N) is 2. The van der Waals surface area contributed by atoms with E-state index in [-0.39, 0.29) is 5.54 Å². The van der Waals surface area contributed by atoms with Crippen molar-refractivity contribution in [3.05, 3.63) is 18.0 Å². The Labute approximate surface area is 78.5 Å². The molecular formula is C9H15ClN2. The molecule has 0 fully saturated rings. The third-order valence-electron chi connectivity index (χ3n) is 2.27. The van der Waals surface area contributed by atoms with Gasteiger partial charge in [-0.05, 0) is 26.3 Å². The van der Waals surface area contributed by atoms with Gasteiger partial charge in [0.15, 0.2) is 0 Å². The first-order valence-electron chi connectivity index (χ1n) is 4.21. The number of hydrogen-bond acceptors (Lipinski definition) is 1. The molecule has 1 rings (SSSR count). The molecule has 0 aliphatic carbocycles. The molecule has 0 radical (unpaired) electrons. The molecule has 12 heavy (non-hydrogen) atoms. The van der Waals surface area contributed by atoms with E-state index in [0.717, 1.165) is 12.1 Å². The third kappa shape index (κ3) is 1.81. The van der Waals surface area contributed by atoms with Crippen LogP contribution < -0.4 is 0 Å². The lowest BCUT2D eigenvalue weighted by Crippen LogP contribution is -2.25. The zero-order chi connectivity index (χ0) is 9.19. The van der Waals surface area contributed by atoms with Crippen molar-refractivity contribution >= 4 is 11.6 Å². The van der Waals surface area contributed by atoms with E-state index in [1.807, 2.05) is 16.9 Å². The largest absolute Gasteiger partial charge is 0.267 e. The van der Waals surface area contributed by atoms with Crippen molar-refractivity contribution in [3.63, 3.8) is 0 Å². The average molecular weight is 187 g/mol. The van der Waals surface area contributed by atoms with Crippen LogP contribution in [0.3, 0.4) is 0 Å². The molecule has 1 aromatic heterocycles. The van der Waals surface area contributed by atoms with Crippen LogP contribution in [0, 0.1) is 0 Å². The van der Waals surface area contributed by atoms with Crippen molar-refractivity contribution in [2.75, 3.05) is 0 Å². The zero-order valence-corrected chi connectivity index (χ0v) is 8.60. The second kappa shape index (κ2) is 3.48. The van der Waals surface area contributed by atoms with Crippen LogP contribution in [0.15, 0.2) is 12.3 Å². The molecule has 0 saturated carbocycles. The molecule has 2 nitrogen and oxygen atoms in total. The molecule has 0 bridgehead atoms. The standard InChI is InChI=1S/C9H15ClN2/c1-4-9(2,3)12-6-5-8(7-10)11-12/h5-6H,4,7H2,1-3H3. The fraction of sp³-hybridized carbons (Fsp3) is 0.667. The SMILES string of the molecule is CCC(C)(C)n1ccc(CCl)n1. The van der Waals surface area contributed by atoms with E-state index in [0.29, 0.717) is 5.88 Å². The lowest BCUT2D eigenvalue weighted by molar-refractivity contribution is 0.306. The van der Waals surface area contributed by atoms with Gasteiger partial charge in [0.25, 0.3) is 0 Å². The fourth-order valence-electron chi connectivity index (χ4n) is 0.932. The van der Waals surface area contributed by atoms with Crippen LogP contribution in [0.25, 0.3) is 0 Å². The molecule has 0 aromatic carbocycles. The Bertz CT molecular complexity index is 253. The zero-order valence-electron chi connectivity index (χ0n) is 7.84. The Morgan fingerprint density at radius 3 is 2.67 bits per heavy atom. The summed E-state index contributed by atoms with van der Waals surface area (Å²) in [6, 6.07) is 1.96. The van der Waals surface area contributed by atoms with E-state index in [2.05, 4.69) is 25.9 Å². The Balaban J connectivity index is 2.88. The highest BCUT2D eigenvalue weighted by Crippen LogP contribution is 2.18. The van der Waals surface area contributed by atoms with E-state index in [9.17, 15) is 0 Å². The van der Waals surface area contributed by atoms with Crippen LogP contribution in [-0.2, 0) is 11.4 Å². The molecule has 0 spiro atoms. The van der Waals surface area contributed by atoms with E-state index in [1.165, 1.54) is 0 Å². The summed E-state index contributed by atoms with van der Waals surface area (Å²) >= 11 is 5.66. The lowest BCUT2D eigenvalue weighted by atomic mass is 10.0. The Kier molecular flexibility index (Phi) is 2.78. The molecule has 68 valence electrons. The number of rotatable bonds is 3. The minimum Gasteiger partial charge on any atom is -0.267 e. The van der Waals surface area contributed by atoms with Crippen LogP contribution >= 0.6 is 11.6 Å². The average Bonchev–Trinajstić information content (AvgIpc) is 2.52. The van der Waals surface area contributed by atoms with Gasteiger partial charge in [-0.3, -0.25) is 4.68 Å². The maximum absolute atomic E-state index is 5.66. The highest BCUT2D eigenvalue weighted by molar-refractivity contribution is 6.16. The number of hydrogen-bond donors (Lipinski definition) is 0. The molecule has 0 unspecified atom stereocenters. The third-order valence-corrected chi connectivity index (χ3v) is 2.54. The molecule has 1 aromatic rings. The van der Waals surface area contributed by atoms with Crippen LogP contribution in [0.2, 0.25) is 0 Å². The molecule has 0 saturated heterocycles. The predicted molar refractivity (Wildman–Crippen MR) is 51.4 cm³/mol. The molecule has 0 aliphatic rings. The van der Waals surface area contributed by atoms with Gasteiger partial charge in [0.05, 0.1) is 17.1 Å². The van der Waals surface area contributed by atoms with Crippen molar-refractivity contribution in [2.24, 2.45) is 0 Å². The first-order valence-corrected chi connectivity index (χ1v) is 4.74. The highest BCUT2D eigenvalue weighted by Gasteiger charge is 2.17. The number of aromatic nitrogens is 2. The first kappa shape index (κ1) is 9.59. The summed E-state index contributed by atoms with van der Waals surface area (Å²) in [4.78, 5) is 0. The summed E-state index contributed by atoms with van der Waals surface area (Å²) in [5.74, 6) is 0.493. The minimum atomic E-state index is 0.101. The lowest BCUT2D eigenvalue weighted by Gasteiger charge is -2.23. The summed E-state index contributed by atoms with van der Waals surface area (Å²) in [5, 5.41) is 4.36. The van der Waals surface area contributed by atoms with Gasteiger partial charge >= 0.3 is 0 Å². The van der Waals surface area contributed by atoms with Crippen LogP contribution in [0.4, 0.5) is 0 Å². The Morgan fingerprint density at radius 1 is 1.58 bits per heavy atom. The Hall–Kier alpha value is -0.500. The summed E-state index contributed by atoms with van der Waals surface area (Å²) in [5.41, 5.74) is 1.04. The van der Waals surface area contributed by atoms with Crippen molar-refractivity contribution < 1.29 is 0 Å². The molecule has 0 amide bonds. The second-order valence-corrected chi connectivity index (χ2v) is 3.82. The van der Waals surface area contributed by atoms with E-state index < -0.39 is 0 Å². The van der Waals surface area contributed by atoms with Gasteiger partial charge in [-0.15, -0.1) is 11.6 Å². The van der Waals surface area contributed by atoms with Gasteiger partial charge < -0.3 is 0 Å². The molecule has 0 aliphatic heterocycles. The molecule has 0 atom stereocenters. The minimum absolute atomic E-state index is 0.101.